The molecule has 0 atom stereocenters. The zero-order chi connectivity index (χ0) is 17.2. The van der Waals surface area contributed by atoms with Crippen LogP contribution in [0, 0.1) is 0 Å². The normalized spacial score (nSPS) is 13.7. The van der Waals surface area contributed by atoms with E-state index >= 15 is 0 Å². The van der Waals surface area contributed by atoms with Gasteiger partial charge in [-0.1, -0.05) is 30.3 Å². The Bertz CT molecular complexity index is 885. The molecule has 0 bridgehead atoms. The minimum atomic E-state index is -0.0849. The second kappa shape index (κ2) is 6.52. The number of aromatic amines is 1. The molecule has 0 fully saturated rings. The van der Waals surface area contributed by atoms with E-state index in [1.807, 2.05) is 30.3 Å². The Morgan fingerprint density at radius 2 is 2.20 bits per heavy atom. The van der Waals surface area contributed by atoms with Crippen LogP contribution < -0.4 is 0 Å². The van der Waals surface area contributed by atoms with Gasteiger partial charge < -0.3 is 19.0 Å². The predicted molar refractivity (Wildman–Crippen MR) is 89.7 cm³/mol. The average molecular weight is 338 g/mol. The lowest BCUT2D eigenvalue weighted by molar-refractivity contribution is 0.0723. The number of H-pyrrole nitrogens is 1. The molecule has 3 aromatic rings. The van der Waals surface area contributed by atoms with Crippen molar-refractivity contribution in [1.29, 1.82) is 0 Å². The Morgan fingerprint density at radius 1 is 1.36 bits per heavy atom. The van der Waals surface area contributed by atoms with Gasteiger partial charge in [0.2, 0.25) is 5.89 Å². The Hall–Kier alpha value is -2.93. The number of nitrogens with zero attached hydrogens (tertiary/aromatic N) is 3. The number of rotatable bonds is 4. The molecular weight excluding hydrogens is 320 g/mol. The fourth-order valence-electron chi connectivity index (χ4n) is 3.04. The first-order valence-corrected chi connectivity index (χ1v) is 8.10. The summed E-state index contributed by atoms with van der Waals surface area (Å²) in [4.78, 5) is 26.5. The second-order valence-corrected chi connectivity index (χ2v) is 5.88. The van der Waals surface area contributed by atoms with Crippen LogP contribution in [0.25, 0.3) is 11.3 Å². The number of amides is 1. The van der Waals surface area contributed by atoms with Crippen LogP contribution in [0.15, 0.2) is 41.1 Å². The summed E-state index contributed by atoms with van der Waals surface area (Å²) in [6.07, 6.45) is 2.20. The van der Waals surface area contributed by atoms with Crippen molar-refractivity contribution >= 4 is 5.91 Å². The fraction of sp³-hybridized carbons (Fsp3) is 0.278. The molecule has 4 rings (SSSR count). The number of hydrogen-bond donors (Lipinski definition) is 1. The summed E-state index contributed by atoms with van der Waals surface area (Å²) in [6.45, 7) is 1.34. The lowest BCUT2D eigenvalue weighted by atomic mass is 10.1. The Morgan fingerprint density at radius 3 is 3.00 bits per heavy atom. The number of methoxy groups -OCH3 is 1. The predicted octanol–water partition coefficient (Wildman–Crippen LogP) is 2.41. The first kappa shape index (κ1) is 15.6. The Balaban J connectivity index is 1.57. The quantitative estimate of drug-likeness (QED) is 0.790. The lowest BCUT2D eigenvalue weighted by Gasteiger charge is -2.25. The number of aromatic nitrogens is 3. The van der Waals surface area contributed by atoms with E-state index in [1.165, 1.54) is 0 Å². The molecule has 7 heteroatoms. The highest BCUT2D eigenvalue weighted by molar-refractivity contribution is 5.98. The van der Waals surface area contributed by atoms with Crippen LogP contribution in [-0.2, 0) is 24.3 Å². The van der Waals surface area contributed by atoms with E-state index in [2.05, 4.69) is 15.0 Å². The molecule has 1 aliphatic rings. The molecule has 0 radical (unpaired) electrons. The van der Waals surface area contributed by atoms with Crippen LogP contribution >= 0.6 is 0 Å². The molecule has 0 saturated heterocycles. The van der Waals surface area contributed by atoms with Crippen molar-refractivity contribution in [3.8, 4) is 11.3 Å². The van der Waals surface area contributed by atoms with Crippen molar-refractivity contribution in [1.82, 2.24) is 19.9 Å². The van der Waals surface area contributed by atoms with Gasteiger partial charge in [-0.3, -0.25) is 4.79 Å². The monoisotopic (exact) mass is 338 g/mol. The number of ether oxygens (including phenoxy) is 1. The van der Waals surface area contributed by atoms with Crippen LogP contribution in [-0.4, -0.2) is 39.4 Å². The smallest absolute Gasteiger partial charge is 0.272 e. The van der Waals surface area contributed by atoms with E-state index in [1.54, 1.807) is 18.3 Å². The molecule has 1 N–H and O–H groups in total. The number of fused-ring (bicyclic) bond motifs is 1. The largest absolute Gasteiger partial charge is 0.443 e. The van der Waals surface area contributed by atoms with Gasteiger partial charge in [0.05, 0.1) is 12.9 Å². The molecule has 1 aliphatic heterocycles. The zero-order valence-corrected chi connectivity index (χ0v) is 13.9. The van der Waals surface area contributed by atoms with Gasteiger partial charge in [-0.05, 0) is 0 Å². The van der Waals surface area contributed by atoms with Gasteiger partial charge in [0, 0.05) is 25.6 Å². The third kappa shape index (κ3) is 2.94. The third-order valence-corrected chi connectivity index (χ3v) is 4.23. The van der Waals surface area contributed by atoms with E-state index in [0.717, 1.165) is 17.0 Å². The molecule has 2 aromatic heterocycles. The zero-order valence-electron chi connectivity index (χ0n) is 13.9. The van der Waals surface area contributed by atoms with Crippen LogP contribution in [0.3, 0.4) is 0 Å². The van der Waals surface area contributed by atoms with Gasteiger partial charge in [-0.2, -0.15) is 0 Å². The minimum absolute atomic E-state index is 0.0849. The molecule has 25 heavy (non-hydrogen) atoms. The van der Waals surface area contributed by atoms with Gasteiger partial charge in [-0.25, -0.2) is 9.97 Å². The minimum Gasteiger partial charge on any atom is -0.443 e. The Kier molecular flexibility index (Phi) is 4.07. The highest BCUT2D eigenvalue weighted by Gasteiger charge is 2.28. The van der Waals surface area contributed by atoms with Crippen LogP contribution in [0.4, 0.5) is 0 Å². The topological polar surface area (TPSA) is 84.3 Å². The SMILES string of the molecule is COCc1nc2c(o1)CCN(C(=O)c1[nH]cnc1-c1ccccc1)C2. The number of oxazole rings is 1. The number of nitrogens with one attached hydrogen (secondary N) is 1. The van der Waals surface area contributed by atoms with Crippen molar-refractivity contribution in [2.75, 3.05) is 13.7 Å². The molecule has 0 saturated carbocycles. The highest BCUT2D eigenvalue weighted by Crippen LogP contribution is 2.25. The summed E-state index contributed by atoms with van der Waals surface area (Å²) >= 11 is 0. The number of benzene rings is 1. The van der Waals surface area contributed by atoms with E-state index in [0.29, 0.717) is 43.4 Å². The van der Waals surface area contributed by atoms with Gasteiger partial charge in [-0.15, -0.1) is 0 Å². The first-order chi connectivity index (χ1) is 12.3. The van der Waals surface area contributed by atoms with E-state index in [9.17, 15) is 4.79 Å². The first-order valence-electron chi connectivity index (χ1n) is 8.10. The maximum Gasteiger partial charge on any atom is 0.272 e. The van der Waals surface area contributed by atoms with Gasteiger partial charge in [0.25, 0.3) is 5.91 Å². The van der Waals surface area contributed by atoms with Crippen LogP contribution in [0.5, 0.6) is 0 Å². The molecule has 0 aliphatic carbocycles. The summed E-state index contributed by atoms with van der Waals surface area (Å²) < 4.78 is 10.7. The molecular formula is C18H18N4O3. The average Bonchev–Trinajstić information content (AvgIpc) is 3.28. The molecule has 3 heterocycles. The molecule has 1 aromatic carbocycles. The van der Waals surface area contributed by atoms with Crippen molar-refractivity contribution in [2.24, 2.45) is 0 Å². The molecule has 0 unspecified atom stereocenters. The molecule has 1 amide bonds. The molecule has 128 valence electrons. The van der Waals surface area contributed by atoms with E-state index in [4.69, 9.17) is 9.15 Å². The summed E-state index contributed by atoms with van der Waals surface area (Å²) in [5.74, 6) is 1.30. The van der Waals surface area contributed by atoms with Crippen molar-refractivity contribution in [2.45, 2.75) is 19.6 Å². The summed E-state index contributed by atoms with van der Waals surface area (Å²) in [6, 6.07) is 9.67. The van der Waals surface area contributed by atoms with E-state index < -0.39 is 0 Å². The Labute approximate surface area is 144 Å². The summed E-state index contributed by atoms with van der Waals surface area (Å²) in [5, 5.41) is 0. The van der Waals surface area contributed by atoms with Crippen LogP contribution in [0.1, 0.15) is 27.8 Å². The number of carbonyl (C=O) groups excluding carboxylic acids is 1. The number of hydrogen-bond acceptors (Lipinski definition) is 5. The van der Waals surface area contributed by atoms with Gasteiger partial charge in [0.1, 0.15) is 29.4 Å². The molecule has 0 spiro atoms. The van der Waals surface area contributed by atoms with Crippen LogP contribution in [0.2, 0.25) is 0 Å². The highest BCUT2D eigenvalue weighted by atomic mass is 16.5. The third-order valence-electron chi connectivity index (χ3n) is 4.23. The second-order valence-electron chi connectivity index (χ2n) is 5.88. The maximum absolute atomic E-state index is 13.0. The van der Waals surface area contributed by atoms with Crippen molar-refractivity contribution < 1.29 is 13.9 Å². The van der Waals surface area contributed by atoms with Gasteiger partial charge in [0.15, 0.2) is 0 Å². The maximum atomic E-state index is 13.0. The van der Waals surface area contributed by atoms with Crippen molar-refractivity contribution in [3.05, 3.63) is 59.7 Å². The molecule has 7 nitrogen and oxygen atoms in total. The fourth-order valence-corrected chi connectivity index (χ4v) is 3.04. The lowest BCUT2D eigenvalue weighted by Crippen LogP contribution is -2.36. The number of carbonyl (C=O) groups is 1. The van der Waals surface area contributed by atoms with Gasteiger partial charge >= 0.3 is 0 Å². The van der Waals surface area contributed by atoms with E-state index in [-0.39, 0.29) is 5.91 Å². The summed E-state index contributed by atoms with van der Waals surface area (Å²) in [7, 11) is 1.60. The standard InChI is InChI=1S/C18H18N4O3/c1-24-10-15-21-13-9-22(8-7-14(13)25-15)18(23)17-16(19-11-20-17)12-5-3-2-4-6-12/h2-6,11H,7-10H2,1H3,(H,19,20). The number of imidazole rings is 1. The van der Waals surface area contributed by atoms with Crippen molar-refractivity contribution in [3.63, 3.8) is 0 Å². The summed E-state index contributed by atoms with van der Waals surface area (Å²) in [5.41, 5.74) is 2.87.